The number of carbonyl (C=O) groups is 1. The molecule has 0 aliphatic rings. The minimum absolute atomic E-state index is 0.0240. The molecule has 0 spiro atoms. The molecular weight excluding hydrogens is 306 g/mol. The van der Waals surface area contributed by atoms with Crippen molar-refractivity contribution in [2.45, 2.75) is 40.2 Å². The highest BCUT2D eigenvalue weighted by molar-refractivity contribution is 6.06. The minimum atomic E-state index is -0.147. The molecule has 0 aliphatic heterocycles. The van der Waals surface area contributed by atoms with Gasteiger partial charge in [0, 0.05) is 25.0 Å². The molecule has 0 saturated carbocycles. The van der Waals surface area contributed by atoms with E-state index in [1.54, 1.807) is 10.7 Å². The zero-order chi connectivity index (χ0) is 17.4. The molecule has 3 aromatic rings. The maximum Gasteiger partial charge on any atom is 0.258 e. The van der Waals surface area contributed by atoms with Gasteiger partial charge in [0.05, 0.1) is 22.3 Å². The molecule has 0 radical (unpaired) electrons. The summed E-state index contributed by atoms with van der Waals surface area (Å²) in [5, 5.41) is 12.0. The second-order valence-electron chi connectivity index (χ2n) is 6.25. The lowest BCUT2D eigenvalue weighted by molar-refractivity contribution is 0.0941. The van der Waals surface area contributed by atoms with Gasteiger partial charge in [-0.3, -0.25) is 9.48 Å². The molecule has 0 saturated heterocycles. The normalized spacial score (nSPS) is 12.5. The molecule has 3 aromatic heterocycles. The van der Waals surface area contributed by atoms with Crippen molar-refractivity contribution in [3.05, 3.63) is 40.5 Å². The van der Waals surface area contributed by atoms with Crippen LogP contribution in [0.25, 0.3) is 11.1 Å². The highest BCUT2D eigenvalue weighted by Gasteiger charge is 2.19. The molecule has 1 amide bonds. The number of hydrogen-bond acceptors (Lipinski definition) is 5. The number of pyridine rings is 1. The quantitative estimate of drug-likeness (QED) is 0.794. The van der Waals surface area contributed by atoms with Gasteiger partial charge < -0.3 is 9.84 Å². The van der Waals surface area contributed by atoms with Crippen LogP contribution in [0.2, 0.25) is 0 Å². The number of hydrogen-bond donors (Lipinski definition) is 1. The van der Waals surface area contributed by atoms with Crippen LogP contribution in [0.15, 0.2) is 16.8 Å². The van der Waals surface area contributed by atoms with Crippen molar-refractivity contribution < 1.29 is 9.32 Å². The number of carbonyl (C=O) groups excluding carboxylic acids is 1. The topological polar surface area (TPSA) is 85.8 Å². The molecule has 3 heterocycles. The lowest BCUT2D eigenvalue weighted by Crippen LogP contribution is -2.34. The van der Waals surface area contributed by atoms with Gasteiger partial charge in [0.2, 0.25) is 0 Å². The lowest BCUT2D eigenvalue weighted by Gasteiger charge is -2.14. The fourth-order valence-electron chi connectivity index (χ4n) is 2.93. The number of nitrogens with one attached hydrogen (secondary N) is 1. The zero-order valence-corrected chi connectivity index (χ0v) is 14.5. The summed E-state index contributed by atoms with van der Waals surface area (Å²) in [6.45, 7) is 7.59. The average molecular weight is 327 g/mol. The molecule has 1 atom stereocenters. The Morgan fingerprint density at radius 1 is 1.33 bits per heavy atom. The van der Waals surface area contributed by atoms with E-state index in [2.05, 4.69) is 20.6 Å². The van der Waals surface area contributed by atoms with Crippen LogP contribution in [0.3, 0.4) is 0 Å². The number of aryl methyl sites for hydroxylation is 4. The molecule has 0 unspecified atom stereocenters. The highest BCUT2D eigenvalue weighted by atomic mass is 16.5. The van der Waals surface area contributed by atoms with Crippen molar-refractivity contribution in [2.24, 2.45) is 7.05 Å². The first-order valence-corrected chi connectivity index (χ1v) is 7.88. The Hall–Kier alpha value is -2.70. The van der Waals surface area contributed by atoms with Gasteiger partial charge in [-0.15, -0.1) is 0 Å². The standard InChI is InChI=1S/C17H21N5O2/c1-9(6-13-8-22(5)20-11(13)3)18-16(23)14-7-10(2)19-17-15(14)12(4)21-24-17/h7-9H,6H2,1-5H3,(H,18,23)/t9-/m0/s1. The summed E-state index contributed by atoms with van der Waals surface area (Å²) in [5.41, 5.74) is 4.44. The maximum absolute atomic E-state index is 12.7. The van der Waals surface area contributed by atoms with E-state index in [-0.39, 0.29) is 11.9 Å². The van der Waals surface area contributed by atoms with Crippen LogP contribution in [-0.4, -0.2) is 31.9 Å². The van der Waals surface area contributed by atoms with E-state index in [0.717, 1.165) is 23.4 Å². The predicted molar refractivity (Wildman–Crippen MR) is 89.9 cm³/mol. The first-order chi connectivity index (χ1) is 11.3. The Morgan fingerprint density at radius 3 is 2.75 bits per heavy atom. The van der Waals surface area contributed by atoms with Crippen LogP contribution >= 0.6 is 0 Å². The second kappa shape index (κ2) is 6.07. The van der Waals surface area contributed by atoms with Crippen molar-refractivity contribution in [1.29, 1.82) is 0 Å². The van der Waals surface area contributed by atoms with Gasteiger partial charge in [0.15, 0.2) is 0 Å². The Morgan fingerprint density at radius 2 is 2.08 bits per heavy atom. The summed E-state index contributed by atoms with van der Waals surface area (Å²) >= 11 is 0. The summed E-state index contributed by atoms with van der Waals surface area (Å²) in [5.74, 6) is -0.147. The van der Waals surface area contributed by atoms with E-state index in [9.17, 15) is 4.79 Å². The largest absolute Gasteiger partial charge is 0.349 e. The molecule has 1 N–H and O–H groups in total. The van der Waals surface area contributed by atoms with Crippen LogP contribution < -0.4 is 5.32 Å². The highest BCUT2D eigenvalue weighted by Crippen LogP contribution is 2.22. The molecule has 0 aliphatic carbocycles. The van der Waals surface area contributed by atoms with Gasteiger partial charge in [-0.25, -0.2) is 4.98 Å². The van der Waals surface area contributed by atoms with Gasteiger partial charge in [-0.1, -0.05) is 5.16 Å². The fraction of sp³-hybridized carbons (Fsp3) is 0.412. The van der Waals surface area contributed by atoms with Crippen LogP contribution in [0.5, 0.6) is 0 Å². The number of fused-ring (bicyclic) bond motifs is 1. The van der Waals surface area contributed by atoms with E-state index in [1.165, 1.54) is 0 Å². The lowest BCUT2D eigenvalue weighted by atomic mass is 10.1. The Kier molecular flexibility index (Phi) is 4.09. The van der Waals surface area contributed by atoms with E-state index in [0.29, 0.717) is 22.4 Å². The van der Waals surface area contributed by atoms with E-state index in [4.69, 9.17) is 4.52 Å². The first kappa shape index (κ1) is 16.2. The summed E-state index contributed by atoms with van der Waals surface area (Å²) < 4.78 is 6.97. The Bertz CT molecular complexity index is 909. The number of amides is 1. The monoisotopic (exact) mass is 327 g/mol. The van der Waals surface area contributed by atoms with E-state index >= 15 is 0 Å². The molecule has 126 valence electrons. The molecule has 7 heteroatoms. The van der Waals surface area contributed by atoms with Crippen LogP contribution in [0.4, 0.5) is 0 Å². The third-order valence-corrected chi connectivity index (χ3v) is 4.01. The third kappa shape index (κ3) is 3.02. The smallest absolute Gasteiger partial charge is 0.258 e. The predicted octanol–water partition coefficient (Wildman–Crippen LogP) is 2.24. The number of nitrogens with zero attached hydrogens (tertiary/aromatic N) is 4. The van der Waals surface area contributed by atoms with Crippen molar-refractivity contribution in [1.82, 2.24) is 25.2 Å². The van der Waals surface area contributed by atoms with Crippen molar-refractivity contribution in [3.63, 3.8) is 0 Å². The van der Waals surface area contributed by atoms with E-state index in [1.807, 2.05) is 40.9 Å². The first-order valence-electron chi connectivity index (χ1n) is 7.88. The number of rotatable bonds is 4. The van der Waals surface area contributed by atoms with Crippen LogP contribution in [0.1, 0.15) is 39.9 Å². The fourth-order valence-corrected chi connectivity index (χ4v) is 2.93. The Balaban J connectivity index is 1.82. The summed E-state index contributed by atoms with van der Waals surface area (Å²) in [6.07, 6.45) is 2.71. The van der Waals surface area contributed by atoms with Gasteiger partial charge >= 0.3 is 0 Å². The molecular formula is C17H21N5O2. The van der Waals surface area contributed by atoms with Crippen molar-refractivity contribution >= 4 is 17.0 Å². The summed E-state index contributed by atoms with van der Waals surface area (Å²) in [7, 11) is 1.89. The van der Waals surface area contributed by atoms with Crippen LogP contribution in [-0.2, 0) is 13.5 Å². The molecule has 0 fully saturated rings. The van der Waals surface area contributed by atoms with Gasteiger partial charge in [-0.05, 0) is 45.7 Å². The van der Waals surface area contributed by atoms with E-state index < -0.39 is 0 Å². The molecule has 7 nitrogen and oxygen atoms in total. The molecule has 24 heavy (non-hydrogen) atoms. The zero-order valence-electron chi connectivity index (χ0n) is 14.5. The third-order valence-electron chi connectivity index (χ3n) is 4.01. The second-order valence-corrected chi connectivity index (χ2v) is 6.25. The molecule has 3 rings (SSSR count). The average Bonchev–Trinajstić information content (AvgIpc) is 3.01. The van der Waals surface area contributed by atoms with Crippen molar-refractivity contribution in [3.8, 4) is 0 Å². The van der Waals surface area contributed by atoms with Crippen LogP contribution in [0, 0.1) is 20.8 Å². The maximum atomic E-state index is 12.7. The molecule has 0 bridgehead atoms. The summed E-state index contributed by atoms with van der Waals surface area (Å²) in [6, 6.07) is 1.74. The molecule has 0 aromatic carbocycles. The van der Waals surface area contributed by atoms with Gasteiger partial charge in [0.25, 0.3) is 11.6 Å². The Labute approximate surface area is 140 Å². The van der Waals surface area contributed by atoms with Crippen molar-refractivity contribution in [2.75, 3.05) is 0 Å². The minimum Gasteiger partial charge on any atom is -0.349 e. The van der Waals surface area contributed by atoms with Gasteiger partial charge in [-0.2, -0.15) is 5.10 Å². The summed E-state index contributed by atoms with van der Waals surface area (Å²) in [4.78, 5) is 17.0. The number of aromatic nitrogens is 4. The van der Waals surface area contributed by atoms with Gasteiger partial charge in [0.1, 0.15) is 0 Å². The SMILES string of the molecule is Cc1cc(C(=O)N[C@@H](C)Cc2cn(C)nc2C)c2c(C)noc2n1.